The standard InChI is InChI=1S/C15H15F2N4/c1-10-6-11(2)21(18-10)15-8-14(12(16)7-13(15)17)20-5-4-19(3)9-20/h4-9H,1-3H3/q+1. The third-order valence-corrected chi connectivity index (χ3v) is 3.30. The molecular formula is C15H15F2N4+. The average molecular weight is 289 g/mol. The molecule has 0 radical (unpaired) electrons. The molecule has 0 aliphatic heterocycles. The first-order valence-electron chi connectivity index (χ1n) is 6.52. The van der Waals surface area contributed by atoms with Crippen LogP contribution in [0.4, 0.5) is 8.78 Å². The molecule has 21 heavy (non-hydrogen) atoms. The average Bonchev–Trinajstić information content (AvgIpc) is 2.96. The first kappa shape index (κ1) is 13.5. The molecule has 0 spiro atoms. The molecule has 0 aliphatic rings. The van der Waals surface area contributed by atoms with Gasteiger partial charge in [0, 0.05) is 17.8 Å². The van der Waals surface area contributed by atoms with Crippen molar-refractivity contribution >= 4 is 0 Å². The van der Waals surface area contributed by atoms with E-state index in [1.54, 1.807) is 27.9 Å². The van der Waals surface area contributed by atoms with Crippen LogP contribution in [0.3, 0.4) is 0 Å². The Morgan fingerprint density at radius 3 is 2.33 bits per heavy atom. The molecule has 0 fully saturated rings. The molecule has 0 bridgehead atoms. The highest BCUT2D eigenvalue weighted by molar-refractivity contribution is 5.46. The Balaban J connectivity index is 2.20. The molecule has 0 atom stereocenters. The molecule has 0 unspecified atom stereocenters. The van der Waals surface area contributed by atoms with Crippen LogP contribution in [0.2, 0.25) is 0 Å². The van der Waals surface area contributed by atoms with Crippen molar-refractivity contribution in [1.29, 1.82) is 0 Å². The van der Waals surface area contributed by atoms with E-state index >= 15 is 0 Å². The number of benzene rings is 1. The fraction of sp³-hybridized carbons (Fsp3) is 0.200. The van der Waals surface area contributed by atoms with Crippen molar-refractivity contribution in [2.75, 3.05) is 0 Å². The topological polar surface area (TPSA) is 26.6 Å². The molecule has 1 aromatic carbocycles. The van der Waals surface area contributed by atoms with Crippen LogP contribution in [0, 0.1) is 25.5 Å². The van der Waals surface area contributed by atoms with Gasteiger partial charge in [0.05, 0.1) is 12.7 Å². The predicted octanol–water partition coefficient (Wildman–Crippen LogP) is 2.38. The Hall–Kier alpha value is -2.50. The number of aryl methyl sites for hydroxylation is 3. The molecule has 3 aromatic rings. The number of hydrogen-bond donors (Lipinski definition) is 0. The van der Waals surface area contributed by atoms with Crippen molar-refractivity contribution in [1.82, 2.24) is 14.3 Å². The van der Waals surface area contributed by atoms with E-state index < -0.39 is 11.6 Å². The SMILES string of the molecule is Cc1cc(C)n(-c2cc(-n3cc[n+](C)c3)c(F)cc2F)n1. The summed E-state index contributed by atoms with van der Waals surface area (Å²) < 4.78 is 33.0. The van der Waals surface area contributed by atoms with Crippen LogP contribution in [0.5, 0.6) is 0 Å². The van der Waals surface area contributed by atoms with Gasteiger partial charge in [-0.1, -0.05) is 0 Å². The molecular weight excluding hydrogens is 274 g/mol. The molecule has 2 heterocycles. The van der Waals surface area contributed by atoms with Gasteiger partial charge in [-0.25, -0.2) is 18.0 Å². The van der Waals surface area contributed by atoms with Gasteiger partial charge in [-0.15, -0.1) is 0 Å². The van der Waals surface area contributed by atoms with E-state index in [2.05, 4.69) is 5.10 Å². The van der Waals surface area contributed by atoms with Gasteiger partial charge < -0.3 is 0 Å². The third-order valence-electron chi connectivity index (χ3n) is 3.30. The number of imidazole rings is 1. The maximum absolute atomic E-state index is 14.1. The molecule has 108 valence electrons. The zero-order chi connectivity index (χ0) is 15.1. The first-order chi connectivity index (χ1) is 9.95. The minimum Gasteiger partial charge on any atom is -0.239 e. The Labute approximate surface area is 120 Å². The van der Waals surface area contributed by atoms with Gasteiger partial charge in [0.25, 0.3) is 0 Å². The third kappa shape index (κ3) is 2.33. The number of hydrogen-bond acceptors (Lipinski definition) is 1. The second-order valence-corrected chi connectivity index (χ2v) is 5.08. The van der Waals surface area contributed by atoms with Gasteiger partial charge in [-0.3, -0.25) is 0 Å². The van der Waals surface area contributed by atoms with Gasteiger partial charge in [-0.05, 0) is 19.9 Å². The molecule has 6 heteroatoms. The number of halogens is 2. The van der Waals surface area contributed by atoms with Crippen molar-refractivity contribution in [3.63, 3.8) is 0 Å². The van der Waals surface area contributed by atoms with E-state index in [4.69, 9.17) is 0 Å². The zero-order valence-electron chi connectivity index (χ0n) is 12.0. The Kier molecular flexibility index (Phi) is 3.08. The molecule has 2 aromatic heterocycles. The summed E-state index contributed by atoms with van der Waals surface area (Å²) in [7, 11) is 1.83. The lowest BCUT2D eigenvalue weighted by atomic mass is 10.2. The summed E-state index contributed by atoms with van der Waals surface area (Å²) in [5.74, 6) is -1.26. The minimum absolute atomic E-state index is 0.230. The molecule has 0 aliphatic carbocycles. The summed E-state index contributed by atoms with van der Waals surface area (Å²) in [5.41, 5.74) is 2.08. The first-order valence-corrected chi connectivity index (χ1v) is 6.52. The fourth-order valence-corrected chi connectivity index (χ4v) is 2.35. The van der Waals surface area contributed by atoms with Gasteiger partial charge in [-0.2, -0.15) is 9.67 Å². The van der Waals surface area contributed by atoms with E-state index in [-0.39, 0.29) is 11.4 Å². The summed E-state index contributed by atoms with van der Waals surface area (Å²) in [6.45, 7) is 3.66. The van der Waals surface area contributed by atoms with Crippen LogP contribution in [-0.4, -0.2) is 14.3 Å². The van der Waals surface area contributed by atoms with Gasteiger partial charge in [0.1, 0.15) is 18.1 Å². The monoisotopic (exact) mass is 289 g/mol. The largest absolute Gasteiger partial charge is 0.248 e. The van der Waals surface area contributed by atoms with Crippen LogP contribution in [0.1, 0.15) is 11.4 Å². The number of aromatic nitrogens is 4. The fourth-order valence-electron chi connectivity index (χ4n) is 2.35. The lowest BCUT2D eigenvalue weighted by molar-refractivity contribution is -0.670. The molecule has 4 nitrogen and oxygen atoms in total. The van der Waals surface area contributed by atoms with E-state index in [0.717, 1.165) is 17.5 Å². The second kappa shape index (κ2) is 4.80. The minimum atomic E-state index is -0.640. The summed E-state index contributed by atoms with van der Waals surface area (Å²) in [6, 6.07) is 4.20. The Morgan fingerprint density at radius 2 is 1.76 bits per heavy atom. The lowest BCUT2D eigenvalue weighted by Gasteiger charge is -2.08. The number of nitrogens with zero attached hydrogens (tertiary/aromatic N) is 4. The summed E-state index contributed by atoms with van der Waals surface area (Å²) in [5, 5.41) is 4.25. The van der Waals surface area contributed by atoms with Crippen molar-refractivity contribution in [3.05, 3.63) is 59.9 Å². The molecule has 0 N–H and O–H groups in total. The van der Waals surface area contributed by atoms with Crippen LogP contribution in [0.25, 0.3) is 11.4 Å². The van der Waals surface area contributed by atoms with Crippen LogP contribution >= 0.6 is 0 Å². The van der Waals surface area contributed by atoms with E-state index in [9.17, 15) is 8.78 Å². The van der Waals surface area contributed by atoms with Crippen molar-refractivity contribution in [2.24, 2.45) is 7.05 Å². The molecule has 0 saturated heterocycles. The predicted molar refractivity (Wildman–Crippen MR) is 73.5 cm³/mol. The van der Waals surface area contributed by atoms with E-state index in [0.29, 0.717) is 0 Å². The molecule has 0 amide bonds. The second-order valence-electron chi connectivity index (χ2n) is 5.08. The number of rotatable bonds is 2. The Bertz CT molecular complexity index is 817. The zero-order valence-corrected chi connectivity index (χ0v) is 12.0. The van der Waals surface area contributed by atoms with Crippen LogP contribution in [-0.2, 0) is 7.05 Å². The highest BCUT2D eigenvalue weighted by atomic mass is 19.1. The van der Waals surface area contributed by atoms with Gasteiger partial charge >= 0.3 is 0 Å². The normalized spacial score (nSPS) is 11.1. The van der Waals surface area contributed by atoms with Gasteiger partial charge in [0.15, 0.2) is 17.3 Å². The van der Waals surface area contributed by atoms with E-state index in [1.807, 2.05) is 27.0 Å². The van der Waals surface area contributed by atoms with Gasteiger partial charge in [0.2, 0.25) is 6.33 Å². The molecule has 0 saturated carbocycles. The highest BCUT2D eigenvalue weighted by Crippen LogP contribution is 2.22. The van der Waals surface area contributed by atoms with Crippen LogP contribution in [0.15, 0.2) is 36.9 Å². The smallest absolute Gasteiger partial charge is 0.239 e. The van der Waals surface area contributed by atoms with Crippen molar-refractivity contribution in [3.8, 4) is 11.4 Å². The molecule has 3 rings (SSSR count). The van der Waals surface area contributed by atoms with Crippen molar-refractivity contribution < 1.29 is 13.3 Å². The Morgan fingerprint density at radius 1 is 1.05 bits per heavy atom. The maximum atomic E-state index is 14.1. The summed E-state index contributed by atoms with van der Waals surface area (Å²) >= 11 is 0. The van der Waals surface area contributed by atoms with Crippen molar-refractivity contribution in [2.45, 2.75) is 13.8 Å². The summed E-state index contributed by atoms with van der Waals surface area (Å²) in [6.07, 6.45) is 5.20. The lowest BCUT2D eigenvalue weighted by Crippen LogP contribution is -2.23. The summed E-state index contributed by atoms with van der Waals surface area (Å²) in [4.78, 5) is 0. The van der Waals surface area contributed by atoms with Crippen LogP contribution < -0.4 is 4.57 Å². The van der Waals surface area contributed by atoms with E-state index in [1.165, 1.54) is 10.7 Å². The quantitative estimate of drug-likeness (QED) is 0.665. The highest BCUT2D eigenvalue weighted by Gasteiger charge is 2.18. The maximum Gasteiger partial charge on any atom is 0.248 e.